The van der Waals surface area contributed by atoms with E-state index in [1.54, 1.807) is 0 Å². The summed E-state index contributed by atoms with van der Waals surface area (Å²) in [6, 6.07) is 8.03. The zero-order chi connectivity index (χ0) is 19.4. The van der Waals surface area contributed by atoms with Crippen LogP contribution in [-0.4, -0.2) is 31.3 Å². The van der Waals surface area contributed by atoms with E-state index in [1.807, 2.05) is 31.3 Å². The fourth-order valence-corrected chi connectivity index (χ4v) is 3.12. The van der Waals surface area contributed by atoms with Crippen molar-refractivity contribution in [2.45, 2.75) is 53.5 Å². The lowest BCUT2D eigenvalue weighted by molar-refractivity contribution is 0.519. The molecule has 0 aliphatic rings. The number of rotatable bonds is 7. The largest absolute Gasteiger partial charge is 0.370 e. The number of aromatic nitrogens is 5. The first-order chi connectivity index (χ1) is 12.9. The van der Waals surface area contributed by atoms with E-state index < -0.39 is 0 Å². The highest BCUT2D eigenvalue weighted by atomic mass is 15.3. The van der Waals surface area contributed by atoms with Gasteiger partial charge in [0.15, 0.2) is 0 Å². The molecule has 0 saturated carbocycles. The van der Waals surface area contributed by atoms with Crippen LogP contribution >= 0.6 is 0 Å². The van der Waals surface area contributed by atoms with Gasteiger partial charge in [-0.2, -0.15) is 5.10 Å². The van der Waals surface area contributed by atoms with Gasteiger partial charge in [0, 0.05) is 49.1 Å². The molecule has 0 fully saturated rings. The molecule has 142 valence electrons. The third-order valence-electron chi connectivity index (χ3n) is 4.97. The van der Waals surface area contributed by atoms with E-state index in [1.165, 1.54) is 11.3 Å². The van der Waals surface area contributed by atoms with Crippen molar-refractivity contribution in [3.8, 4) is 0 Å². The molecule has 0 spiro atoms. The maximum Gasteiger partial charge on any atom is 0.129 e. The van der Waals surface area contributed by atoms with Crippen LogP contribution in [0.5, 0.6) is 0 Å². The molecular weight excluding hydrogens is 336 g/mol. The highest BCUT2D eigenvalue weighted by Gasteiger charge is 2.14. The molecule has 1 N–H and O–H groups in total. The van der Waals surface area contributed by atoms with E-state index in [0.717, 1.165) is 48.2 Å². The Bertz CT molecular complexity index is 901. The zero-order valence-corrected chi connectivity index (χ0v) is 16.8. The Morgan fingerprint density at radius 2 is 1.93 bits per heavy atom. The number of nitrogens with zero attached hydrogens (tertiary/aromatic N) is 5. The second kappa shape index (κ2) is 8.29. The van der Waals surface area contributed by atoms with Crippen LogP contribution in [-0.2, 0) is 13.0 Å². The van der Waals surface area contributed by atoms with Crippen LogP contribution in [0.2, 0.25) is 0 Å². The number of nitrogens with one attached hydrogen (secondary N) is 1. The highest BCUT2D eigenvalue weighted by molar-refractivity contribution is 5.37. The predicted octanol–water partition coefficient (Wildman–Crippen LogP) is 3.76. The fraction of sp³-hybridized carbons (Fsp3) is 0.429. The minimum absolute atomic E-state index is 0.250. The first-order valence-corrected chi connectivity index (χ1v) is 9.44. The Hall–Kier alpha value is -2.76. The number of pyridine rings is 1. The van der Waals surface area contributed by atoms with Crippen LogP contribution < -0.4 is 5.32 Å². The Labute approximate surface area is 161 Å². The molecule has 27 heavy (non-hydrogen) atoms. The Morgan fingerprint density at radius 1 is 1.11 bits per heavy atom. The van der Waals surface area contributed by atoms with E-state index in [2.05, 4.69) is 63.8 Å². The van der Waals surface area contributed by atoms with Crippen molar-refractivity contribution in [1.29, 1.82) is 0 Å². The second-order valence-corrected chi connectivity index (χ2v) is 7.10. The minimum atomic E-state index is 0.250. The smallest absolute Gasteiger partial charge is 0.129 e. The SMILES string of the molecule is Cc1nc(NCCc2ccccn2)cc(C(C)Cn2nc(C)c(C)c2C)n1. The van der Waals surface area contributed by atoms with Crippen molar-refractivity contribution in [3.63, 3.8) is 0 Å². The molecule has 3 aromatic rings. The van der Waals surface area contributed by atoms with E-state index in [9.17, 15) is 0 Å². The van der Waals surface area contributed by atoms with E-state index >= 15 is 0 Å². The van der Waals surface area contributed by atoms with Crippen LogP contribution in [0.25, 0.3) is 0 Å². The van der Waals surface area contributed by atoms with Crippen molar-refractivity contribution in [3.05, 3.63) is 64.6 Å². The zero-order valence-electron chi connectivity index (χ0n) is 16.8. The van der Waals surface area contributed by atoms with Gasteiger partial charge in [-0.15, -0.1) is 0 Å². The van der Waals surface area contributed by atoms with Gasteiger partial charge in [0.2, 0.25) is 0 Å². The molecule has 6 heteroatoms. The number of anilines is 1. The summed E-state index contributed by atoms with van der Waals surface area (Å²) in [7, 11) is 0. The average molecular weight is 364 g/mol. The molecule has 1 atom stereocenters. The number of hydrogen-bond acceptors (Lipinski definition) is 5. The van der Waals surface area contributed by atoms with E-state index in [0.29, 0.717) is 0 Å². The molecule has 0 amide bonds. The summed E-state index contributed by atoms with van der Waals surface area (Å²) >= 11 is 0. The summed E-state index contributed by atoms with van der Waals surface area (Å²) in [6.07, 6.45) is 2.68. The van der Waals surface area contributed by atoms with Crippen LogP contribution in [0.15, 0.2) is 30.5 Å². The van der Waals surface area contributed by atoms with Crippen molar-refractivity contribution in [1.82, 2.24) is 24.7 Å². The van der Waals surface area contributed by atoms with E-state index in [-0.39, 0.29) is 5.92 Å². The summed E-state index contributed by atoms with van der Waals surface area (Å²) in [5.74, 6) is 1.90. The van der Waals surface area contributed by atoms with Gasteiger partial charge in [0.05, 0.1) is 11.4 Å². The third-order valence-corrected chi connectivity index (χ3v) is 4.97. The molecule has 3 aromatic heterocycles. The first-order valence-electron chi connectivity index (χ1n) is 9.44. The van der Waals surface area contributed by atoms with Crippen LogP contribution in [0, 0.1) is 27.7 Å². The van der Waals surface area contributed by atoms with Gasteiger partial charge in [-0.3, -0.25) is 9.67 Å². The van der Waals surface area contributed by atoms with Crippen molar-refractivity contribution in [2.75, 3.05) is 11.9 Å². The van der Waals surface area contributed by atoms with Crippen LogP contribution in [0.1, 0.15) is 47.0 Å². The minimum Gasteiger partial charge on any atom is -0.370 e. The van der Waals surface area contributed by atoms with Gasteiger partial charge >= 0.3 is 0 Å². The number of hydrogen-bond donors (Lipinski definition) is 1. The van der Waals surface area contributed by atoms with Gasteiger partial charge < -0.3 is 5.32 Å². The number of aryl methyl sites for hydroxylation is 2. The highest BCUT2D eigenvalue weighted by Crippen LogP contribution is 2.20. The lowest BCUT2D eigenvalue weighted by Crippen LogP contribution is -2.13. The molecule has 0 bridgehead atoms. The lowest BCUT2D eigenvalue weighted by Gasteiger charge is -2.15. The van der Waals surface area contributed by atoms with Crippen molar-refractivity contribution >= 4 is 5.82 Å². The van der Waals surface area contributed by atoms with Crippen LogP contribution in [0.4, 0.5) is 5.82 Å². The van der Waals surface area contributed by atoms with Gasteiger partial charge in [-0.1, -0.05) is 13.0 Å². The first kappa shape index (κ1) is 19.0. The molecule has 0 aromatic carbocycles. The monoisotopic (exact) mass is 364 g/mol. The molecule has 0 aliphatic heterocycles. The molecule has 3 rings (SSSR count). The molecule has 0 radical (unpaired) electrons. The summed E-state index contributed by atoms with van der Waals surface area (Å²) in [5, 5.41) is 8.06. The predicted molar refractivity (Wildman–Crippen MR) is 108 cm³/mol. The molecule has 6 nitrogen and oxygen atoms in total. The van der Waals surface area contributed by atoms with Gasteiger partial charge in [-0.25, -0.2) is 9.97 Å². The van der Waals surface area contributed by atoms with Crippen LogP contribution in [0.3, 0.4) is 0 Å². The van der Waals surface area contributed by atoms with Gasteiger partial charge in [0.25, 0.3) is 0 Å². The summed E-state index contributed by atoms with van der Waals surface area (Å²) < 4.78 is 2.08. The normalized spacial score (nSPS) is 12.2. The summed E-state index contributed by atoms with van der Waals surface area (Å²) in [5.41, 5.74) is 5.68. The second-order valence-electron chi connectivity index (χ2n) is 7.10. The fourth-order valence-electron chi connectivity index (χ4n) is 3.12. The quantitative estimate of drug-likeness (QED) is 0.691. The molecule has 0 aliphatic carbocycles. The Kier molecular flexibility index (Phi) is 5.84. The molecule has 3 heterocycles. The van der Waals surface area contributed by atoms with Crippen molar-refractivity contribution < 1.29 is 0 Å². The van der Waals surface area contributed by atoms with Gasteiger partial charge in [-0.05, 0) is 45.4 Å². The van der Waals surface area contributed by atoms with Crippen molar-refractivity contribution in [2.24, 2.45) is 0 Å². The molecule has 1 unspecified atom stereocenters. The standard InChI is InChI=1S/C21H28N6/c1-14(13-27-17(4)15(2)16(3)26-27)20-12-21(25-18(5)24-20)23-11-9-19-8-6-7-10-22-19/h6-8,10,12,14H,9,11,13H2,1-5H3,(H,23,24,25). The van der Waals surface area contributed by atoms with Gasteiger partial charge in [0.1, 0.15) is 11.6 Å². The maximum absolute atomic E-state index is 4.65. The maximum atomic E-state index is 4.65. The van der Waals surface area contributed by atoms with E-state index in [4.69, 9.17) is 0 Å². The summed E-state index contributed by atoms with van der Waals surface area (Å²) in [6.45, 7) is 12.0. The Balaban J connectivity index is 1.67. The topological polar surface area (TPSA) is 68.5 Å². The lowest BCUT2D eigenvalue weighted by atomic mass is 10.1. The third kappa shape index (κ3) is 4.70. The summed E-state index contributed by atoms with van der Waals surface area (Å²) in [4.78, 5) is 13.5. The average Bonchev–Trinajstić information content (AvgIpc) is 2.89. The molecule has 0 saturated heterocycles. The Morgan fingerprint density at radius 3 is 2.59 bits per heavy atom. The molecular formula is C21H28N6.